The molecule has 0 aliphatic carbocycles. The molecule has 0 saturated carbocycles. The molecule has 11 heavy (non-hydrogen) atoms. The lowest BCUT2D eigenvalue weighted by atomic mass is 10.3. The first-order valence-electron chi connectivity index (χ1n) is 3.53. The second-order valence-electron chi connectivity index (χ2n) is 1.86. The van der Waals surface area contributed by atoms with Crippen LogP contribution in [0.15, 0.2) is 18.2 Å². The van der Waals surface area contributed by atoms with Crippen molar-refractivity contribution in [2.75, 3.05) is 11.5 Å². The van der Waals surface area contributed by atoms with E-state index in [-0.39, 0.29) is 5.75 Å². The van der Waals surface area contributed by atoms with Crippen molar-refractivity contribution in [2.24, 2.45) is 0 Å². The lowest BCUT2D eigenvalue weighted by Crippen LogP contribution is -1.88. The monoisotopic (exact) mass is 154 g/mol. The molecule has 0 saturated heterocycles. The summed E-state index contributed by atoms with van der Waals surface area (Å²) in [5.41, 5.74) is 11.6. The van der Waals surface area contributed by atoms with E-state index < -0.39 is 0 Å². The lowest BCUT2D eigenvalue weighted by molar-refractivity contribution is 0.476. The molecule has 0 atom stereocenters. The Hall–Kier alpha value is -1.38. The van der Waals surface area contributed by atoms with Crippen molar-refractivity contribution in [2.45, 2.75) is 13.8 Å². The van der Waals surface area contributed by atoms with Gasteiger partial charge in [0, 0.05) is 23.5 Å². The zero-order valence-corrected chi connectivity index (χ0v) is 6.83. The van der Waals surface area contributed by atoms with E-state index in [2.05, 4.69) is 0 Å². The molecule has 1 rings (SSSR count). The number of nitrogen functional groups attached to an aromatic ring is 2. The minimum absolute atomic E-state index is 0.104. The first-order chi connectivity index (χ1) is 5.18. The summed E-state index contributed by atoms with van der Waals surface area (Å²) in [5, 5.41) is 8.83. The summed E-state index contributed by atoms with van der Waals surface area (Å²) in [7, 11) is 0. The molecular weight excluding hydrogens is 140 g/mol. The second-order valence-corrected chi connectivity index (χ2v) is 1.86. The van der Waals surface area contributed by atoms with Crippen LogP contribution in [0.4, 0.5) is 11.4 Å². The minimum atomic E-state index is 0.104. The van der Waals surface area contributed by atoms with E-state index in [9.17, 15) is 0 Å². The Morgan fingerprint density at radius 1 is 1.00 bits per heavy atom. The predicted octanol–water partition coefficient (Wildman–Crippen LogP) is 1.58. The van der Waals surface area contributed by atoms with Gasteiger partial charge in [0.25, 0.3) is 0 Å². The van der Waals surface area contributed by atoms with Gasteiger partial charge in [0.05, 0.1) is 0 Å². The minimum Gasteiger partial charge on any atom is -0.508 e. The molecule has 62 valence electrons. The molecule has 0 aromatic heterocycles. The van der Waals surface area contributed by atoms with Crippen LogP contribution in [0.1, 0.15) is 13.8 Å². The van der Waals surface area contributed by atoms with Gasteiger partial charge in [-0.25, -0.2) is 0 Å². The van der Waals surface area contributed by atoms with E-state index in [4.69, 9.17) is 16.6 Å². The van der Waals surface area contributed by atoms with Crippen LogP contribution in [0.2, 0.25) is 0 Å². The summed E-state index contributed by atoms with van der Waals surface area (Å²) in [6.45, 7) is 4.00. The predicted molar refractivity (Wildman–Crippen MR) is 48.3 cm³/mol. The fraction of sp³-hybridized carbons (Fsp3) is 0.250. The normalized spacial score (nSPS) is 8.18. The molecular formula is C8H14N2O. The zero-order valence-electron chi connectivity index (χ0n) is 6.83. The van der Waals surface area contributed by atoms with Crippen molar-refractivity contribution < 1.29 is 5.11 Å². The third-order valence-corrected chi connectivity index (χ3v) is 0.962. The molecule has 0 fully saturated rings. The van der Waals surface area contributed by atoms with Crippen LogP contribution in [0, 0.1) is 0 Å². The van der Waals surface area contributed by atoms with Crippen LogP contribution < -0.4 is 11.5 Å². The van der Waals surface area contributed by atoms with Gasteiger partial charge in [-0.05, 0) is 6.07 Å². The number of phenols is 1. The average Bonchev–Trinajstić information content (AvgIpc) is 1.88. The Morgan fingerprint density at radius 3 is 1.64 bits per heavy atom. The molecule has 0 unspecified atom stereocenters. The molecule has 0 radical (unpaired) electrons. The summed E-state index contributed by atoms with van der Waals surface area (Å²) in [6.07, 6.45) is 0. The van der Waals surface area contributed by atoms with Crippen molar-refractivity contribution in [3.8, 4) is 5.75 Å². The number of benzene rings is 1. The van der Waals surface area contributed by atoms with Gasteiger partial charge in [0.1, 0.15) is 5.75 Å². The highest BCUT2D eigenvalue weighted by atomic mass is 16.3. The topological polar surface area (TPSA) is 72.3 Å². The molecule has 3 heteroatoms. The van der Waals surface area contributed by atoms with Crippen molar-refractivity contribution in [3.63, 3.8) is 0 Å². The van der Waals surface area contributed by atoms with E-state index >= 15 is 0 Å². The average molecular weight is 154 g/mol. The highest BCUT2D eigenvalue weighted by molar-refractivity contribution is 5.56. The van der Waals surface area contributed by atoms with Crippen LogP contribution in [0.25, 0.3) is 0 Å². The molecule has 0 aliphatic heterocycles. The molecule has 0 bridgehead atoms. The van der Waals surface area contributed by atoms with E-state index in [1.807, 2.05) is 13.8 Å². The first kappa shape index (κ1) is 9.62. The van der Waals surface area contributed by atoms with Crippen molar-refractivity contribution in [1.82, 2.24) is 0 Å². The Morgan fingerprint density at radius 2 is 1.36 bits per heavy atom. The lowest BCUT2D eigenvalue weighted by Gasteiger charge is -1.96. The summed E-state index contributed by atoms with van der Waals surface area (Å²) >= 11 is 0. The number of nitrogens with two attached hydrogens (primary N) is 2. The molecule has 0 amide bonds. The molecule has 5 N–H and O–H groups in total. The Labute approximate surface area is 66.6 Å². The van der Waals surface area contributed by atoms with E-state index in [0.29, 0.717) is 11.4 Å². The van der Waals surface area contributed by atoms with Gasteiger partial charge in [0.15, 0.2) is 0 Å². The highest BCUT2D eigenvalue weighted by Gasteiger charge is 1.90. The summed E-state index contributed by atoms with van der Waals surface area (Å²) in [4.78, 5) is 0. The SMILES string of the molecule is CC.Nc1cc(N)cc(O)c1. The van der Waals surface area contributed by atoms with Gasteiger partial charge >= 0.3 is 0 Å². The number of phenolic OH excluding ortho intramolecular Hbond substituents is 1. The number of anilines is 2. The molecule has 0 aliphatic rings. The smallest absolute Gasteiger partial charge is 0.119 e. The fourth-order valence-corrected chi connectivity index (χ4v) is 0.659. The molecule has 1 aromatic carbocycles. The third kappa shape index (κ3) is 3.35. The standard InChI is InChI=1S/C6H8N2O.C2H6/c7-4-1-5(8)3-6(9)2-4;1-2/h1-3,9H,7-8H2;1-2H3. The first-order valence-corrected chi connectivity index (χ1v) is 3.53. The molecule has 0 heterocycles. The van der Waals surface area contributed by atoms with Crippen molar-refractivity contribution in [1.29, 1.82) is 0 Å². The second kappa shape index (κ2) is 4.44. The Bertz CT molecular complexity index is 173. The maximum atomic E-state index is 8.83. The maximum absolute atomic E-state index is 8.83. The van der Waals surface area contributed by atoms with Gasteiger partial charge in [-0.1, -0.05) is 13.8 Å². The van der Waals surface area contributed by atoms with Gasteiger partial charge in [-0.15, -0.1) is 0 Å². The fourth-order valence-electron chi connectivity index (χ4n) is 0.659. The molecule has 3 nitrogen and oxygen atoms in total. The van der Waals surface area contributed by atoms with Crippen LogP contribution >= 0.6 is 0 Å². The summed E-state index contributed by atoms with van der Waals surface area (Å²) in [5.74, 6) is 0.104. The van der Waals surface area contributed by atoms with E-state index in [0.717, 1.165) is 0 Å². The zero-order chi connectivity index (χ0) is 8.85. The highest BCUT2D eigenvalue weighted by Crippen LogP contribution is 2.17. The van der Waals surface area contributed by atoms with Gasteiger partial charge in [0.2, 0.25) is 0 Å². The molecule has 0 spiro atoms. The van der Waals surface area contributed by atoms with Crippen LogP contribution in [0.3, 0.4) is 0 Å². The van der Waals surface area contributed by atoms with E-state index in [1.54, 1.807) is 6.07 Å². The summed E-state index contributed by atoms with van der Waals surface area (Å²) < 4.78 is 0. The van der Waals surface area contributed by atoms with Crippen LogP contribution in [-0.4, -0.2) is 5.11 Å². The Balaban J connectivity index is 0.000000461. The Kier molecular flexibility index (Phi) is 3.88. The third-order valence-electron chi connectivity index (χ3n) is 0.962. The van der Waals surface area contributed by atoms with E-state index in [1.165, 1.54) is 12.1 Å². The van der Waals surface area contributed by atoms with Crippen LogP contribution in [0.5, 0.6) is 5.75 Å². The van der Waals surface area contributed by atoms with Crippen molar-refractivity contribution in [3.05, 3.63) is 18.2 Å². The van der Waals surface area contributed by atoms with Gasteiger partial charge in [-0.2, -0.15) is 0 Å². The largest absolute Gasteiger partial charge is 0.508 e. The quantitative estimate of drug-likeness (QED) is 0.497. The number of hydrogen-bond acceptors (Lipinski definition) is 3. The summed E-state index contributed by atoms with van der Waals surface area (Å²) in [6, 6.07) is 4.46. The van der Waals surface area contributed by atoms with Gasteiger partial charge < -0.3 is 16.6 Å². The maximum Gasteiger partial charge on any atom is 0.119 e. The van der Waals surface area contributed by atoms with Gasteiger partial charge in [-0.3, -0.25) is 0 Å². The number of aromatic hydroxyl groups is 1. The van der Waals surface area contributed by atoms with Crippen molar-refractivity contribution >= 4 is 11.4 Å². The molecule has 1 aromatic rings. The number of rotatable bonds is 0. The number of hydrogen-bond donors (Lipinski definition) is 3. The van der Waals surface area contributed by atoms with Crippen LogP contribution in [-0.2, 0) is 0 Å².